The van der Waals surface area contributed by atoms with E-state index >= 15 is 0 Å². The molecular formula is C23H17Br2Cl2N3O5. The summed E-state index contributed by atoms with van der Waals surface area (Å²) in [7, 11) is 0. The molecule has 0 spiro atoms. The highest BCUT2D eigenvalue weighted by Crippen LogP contribution is 2.60. The Hall–Kier alpha value is -2.01. The first kappa shape index (κ1) is 24.7. The number of hydrazine groups is 1. The fourth-order valence-corrected chi connectivity index (χ4v) is 7.86. The summed E-state index contributed by atoms with van der Waals surface area (Å²) in [6.45, 7) is -0.195. The van der Waals surface area contributed by atoms with Gasteiger partial charge in [-0.3, -0.25) is 24.5 Å². The van der Waals surface area contributed by atoms with Gasteiger partial charge in [0.2, 0.25) is 0 Å². The number of carbonyl (C=O) groups is 3. The quantitative estimate of drug-likeness (QED) is 0.192. The van der Waals surface area contributed by atoms with Crippen LogP contribution in [0.1, 0.15) is 22.3 Å². The molecule has 12 heteroatoms. The van der Waals surface area contributed by atoms with Gasteiger partial charge in [0.05, 0.1) is 23.3 Å². The van der Waals surface area contributed by atoms with E-state index in [4.69, 9.17) is 23.2 Å². The number of hydrogen-bond acceptors (Lipinski definition) is 5. The molecule has 8 nitrogen and oxygen atoms in total. The Morgan fingerprint density at radius 3 is 2.26 bits per heavy atom. The summed E-state index contributed by atoms with van der Waals surface area (Å²) < 4.78 is 0. The summed E-state index contributed by atoms with van der Waals surface area (Å²) in [5.41, 5.74) is 0.160. The lowest BCUT2D eigenvalue weighted by Crippen LogP contribution is -2.50. The zero-order valence-electron chi connectivity index (χ0n) is 17.8. The number of imide groups is 1. The van der Waals surface area contributed by atoms with Crippen molar-refractivity contribution in [2.75, 3.05) is 0 Å². The highest BCUT2D eigenvalue weighted by atomic mass is 79.9. The molecule has 3 aliphatic rings. The van der Waals surface area contributed by atoms with Gasteiger partial charge in [0.1, 0.15) is 0 Å². The lowest BCUT2D eigenvalue weighted by Gasteiger charge is -2.31. The van der Waals surface area contributed by atoms with Crippen LogP contribution in [0.5, 0.6) is 0 Å². The fourth-order valence-electron chi connectivity index (χ4n) is 5.52. The molecule has 0 aromatic heterocycles. The van der Waals surface area contributed by atoms with Crippen LogP contribution in [0.4, 0.5) is 5.69 Å². The molecule has 35 heavy (non-hydrogen) atoms. The summed E-state index contributed by atoms with van der Waals surface area (Å²) in [5, 5.41) is 13.9. The molecule has 1 aliphatic heterocycles. The number of fused-ring (bicyclic) bond motifs is 5. The lowest BCUT2D eigenvalue weighted by molar-refractivity contribution is -0.384. The normalized spacial score (nSPS) is 29.0. The van der Waals surface area contributed by atoms with Crippen molar-refractivity contribution < 1.29 is 19.3 Å². The number of halogens is 4. The Bertz CT molecular complexity index is 1250. The first-order chi connectivity index (χ1) is 16.6. The van der Waals surface area contributed by atoms with E-state index in [9.17, 15) is 24.5 Å². The molecule has 2 aromatic rings. The van der Waals surface area contributed by atoms with E-state index in [0.29, 0.717) is 10.6 Å². The number of hydrogen-bond donors (Lipinski definition) is 0. The third-order valence-corrected chi connectivity index (χ3v) is 10.9. The summed E-state index contributed by atoms with van der Waals surface area (Å²) in [6.07, 6.45) is 0.744. The molecule has 2 bridgehead atoms. The van der Waals surface area contributed by atoms with E-state index in [2.05, 4.69) is 31.9 Å². The minimum absolute atomic E-state index is 0.0262. The molecule has 1 saturated heterocycles. The van der Waals surface area contributed by atoms with Gasteiger partial charge in [-0.05, 0) is 42.0 Å². The maximum atomic E-state index is 13.7. The van der Waals surface area contributed by atoms with Gasteiger partial charge in [-0.25, -0.2) is 5.01 Å². The Morgan fingerprint density at radius 1 is 1.06 bits per heavy atom. The van der Waals surface area contributed by atoms with E-state index < -0.39 is 34.5 Å². The number of nitrogens with zero attached hydrogens (tertiary/aromatic N) is 3. The first-order valence-corrected chi connectivity index (χ1v) is 13.3. The van der Waals surface area contributed by atoms with Gasteiger partial charge in [0.25, 0.3) is 23.4 Å². The van der Waals surface area contributed by atoms with Crippen LogP contribution in [0, 0.1) is 33.8 Å². The summed E-state index contributed by atoms with van der Waals surface area (Å²) in [5.74, 6) is -2.76. The molecule has 0 N–H and O–H groups in total. The van der Waals surface area contributed by atoms with Crippen molar-refractivity contribution >= 4 is 78.5 Å². The summed E-state index contributed by atoms with van der Waals surface area (Å²) >= 11 is 19.7. The zero-order valence-corrected chi connectivity index (χ0v) is 22.5. The highest BCUT2D eigenvalue weighted by Gasteiger charge is 2.67. The number of rotatable bonds is 5. The van der Waals surface area contributed by atoms with Crippen LogP contribution in [-0.4, -0.2) is 42.3 Å². The number of carbonyl (C=O) groups excluding carboxylic acids is 3. The number of non-ortho nitro benzene ring substituents is 1. The second-order valence-corrected chi connectivity index (χ2v) is 11.9. The topological polar surface area (TPSA) is 101 Å². The third-order valence-electron chi connectivity index (χ3n) is 7.08. The van der Waals surface area contributed by atoms with Crippen LogP contribution in [0.2, 0.25) is 10.0 Å². The minimum Gasteiger partial charge on any atom is -0.272 e. The van der Waals surface area contributed by atoms with Gasteiger partial charge in [-0.1, -0.05) is 67.2 Å². The largest absolute Gasteiger partial charge is 0.273 e. The van der Waals surface area contributed by atoms with Crippen LogP contribution in [0.15, 0.2) is 42.5 Å². The summed E-state index contributed by atoms with van der Waals surface area (Å²) in [4.78, 5) is 51.7. The molecule has 2 aliphatic carbocycles. The molecule has 0 radical (unpaired) electrons. The number of alkyl halides is 2. The molecular weight excluding hydrogens is 629 g/mol. The molecule has 2 saturated carbocycles. The third kappa shape index (κ3) is 3.98. The predicted molar refractivity (Wildman–Crippen MR) is 135 cm³/mol. The second kappa shape index (κ2) is 9.14. The van der Waals surface area contributed by atoms with Crippen molar-refractivity contribution in [2.45, 2.75) is 22.6 Å². The van der Waals surface area contributed by atoms with Gasteiger partial charge in [-0.15, -0.1) is 0 Å². The average Bonchev–Trinajstić information content (AvgIpc) is 3.43. The van der Waals surface area contributed by atoms with Crippen molar-refractivity contribution in [1.82, 2.24) is 10.0 Å². The van der Waals surface area contributed by atoms with Crippen LogP contribution in [0.25, 0.3) is 0 Å². The van der Waals surface area contributed by atoms with E-state index in [1.165, 1.54) is 24.3 Å². The zero-order chi connectivity index (χ0) is 25.2. The predicted octanol–water partition coefficient (Wildman–Crippen LogP) is 5.24. The Kier molecular flexibility index (Phi) is 6.44. The maximum Gasteiger partial charge on any atom is 0.273 e. The molecule has 0 unspecified atom stereocenters. The smallest absolute Gasteiger partial charge is 0.272 e. The van der Waals surface area contributed by atoms with Crippen LogP contribution < -0.4 is 0 Å². The second-order valence-electron chi connectivity index (χ2n) is 8.90. The molecule has 2 aromatic carbocycles. The number of nitro groups is 1. The van der Waals surface area contributed by atoms with Crippen LogP contribution >= 0.6 is 55.1 Å². The maximum absolute atomic E-state index is 13.7. The van der Waals surface area contributed by atoms with E-state index in [1.807, 2.05) is 0 Å². The van der Waals surface area contributed by atoms with Gasteiger partial charge in [0, 0.05) is 37.4 Å². The number of amides is 3. The van der Waals surface area contributed by atoms with Crippen molar-refractivity contribution in [3.8, 4) is 0 Å². The Labute approximate surface area is 226 Å². The van der Waals surface area contributed by atoms with Gasteiger partial charge >= 0.3 is 0 Å². The Morgan fingerprint density at radius 2 is 1.69 bits per heavy atom. The van der Waals surface area contributed by atoms with Gasteiger partial charge < -0.3 is 0 Å². The standard InChI is InChI=1S/C23H17Br2Cl2N3O5/c24-19-14-8-15(20(19)25)18-17(14)22(32)29(23(18)33)28(9-11-4-5-12(26)7-16(11)27)21(31)10-2-1-3-13(6-10)30(34)35/h1-7,14-15,17-20H,8-9H2/t14-,15-,17-,18+,19-,20+/m1/s1. The SMILES string of the molecule is O=C(c1cccc([N+](=O)[O-])c1)N(Cc1ccc(Cl)cc1Cl)N1C(=O)[C@@H]2[C@H]3C[C@@H]([C@H](Br)[C@@H]3Br)[C@@H]2C1=O. The van der Waals surface area contributed by atoms with Gasteiger partial charge in [0.15, 0.2) is 0 Å². The molecule has 1 heterocycles. The van der Waals surface area contributed by atoms with Crippen LogP contribution in [-0.2, 0) is 16.1 Å². The van der Waals surface area contributed by atoms with Crippen molar-refractivity contribution in [3.63, 3.8) is 0 Å². The molecule has 3 amide bonds. The van der Waals surface area contributed by atoms with Crippen LogP contribution in [0.3, 0.4) is 0 Å². The van der Waals surface area contributed by atoms with E-state index in [-0.39, 0.29) is 44.3 Å². The summed E-state index contributed by atoms with van der Waals surface area (Å²) in [6, 6.07) is 9.87. The van der Waals surface area contributed by atoms with Crippen molar-refractivity contribution in [2.24, 2.45) is 23.7 Å². The molecule has 5 rings (SSSR count). The minimum atomic E-state index is -0.723. The number of benzene rings is 2. The molecule has 6 atom stereocenters. The fraction of sp³-hybridized carbons (Fsp3) is 0.348. The first-order valence-electron chi connectivity index (χ1n) is 10.8. The van der Waals surface area contributed by atoms with E-state index in [0.717, 1.165) is 22.5 Å². The Balaban J connectivity index is 1.56. The number of nitro benzene ring substituents is 1. The van der Waals surface area contributed by atoms with Crippen molar-refractivity contribution in [3.05, 3.63) is 73.8 Å². The monoisotopic (exact) mass is 643 g/mol. The lowest BCUT2D eigenvalue weighted by atomic mass is 9.81. The molecule has 3 fully saturated rings. The van der Waals surface area contributed by atoms with Gasteiger partial charge in [-0.2, -0.15) is 5.01 Å². The van der Waals surface area contributed by atoms with E-state index in [1.54, 1.807) is 12.1 Å². The van der Waals surface area contributed by atoms with Crippen molar-refractivity contribution in [1.29, 1.82) is 0 Å². The average molecular weight is 646 g/mol. The molecule has 182 valence electrons. The highest BCUT2D eigenvalue weighted by molar-refractivity contribution is 9.12.